The molecule has 0 fully saturated rings. The van der Waals surface area contributed by atoms with Crippen LogP contribution < -0.4 is 9.47 Å². The van der Waals surface area contributed by atoms with Crippen LogP contribution in [-0.2, 0) is 20.4 Å². The minimum Gasteiger partial charge on any atom is -0.427 e. The number of aromatic nitrogens is 2. The van der Waals surface area contributed by atoms with E-state index in [4.69, 9.17) is 19.4 Å². The second kappa shape index (κ2) is 14.5. The number of esters is 2. The van der Waals surface area contributed by atoms with Gasteiger partial charge in [0.1, 0.15) is 11.5 Å². The lowest BCUT2D eigenvalue weighted by Gasteiger charge is -2.42. The molecular weight excluding hydrogens is 729 g/mol. The van der Waals surface area contributed by atoms with E-state index in [1.54, 1.807) is 0 Å². The molecule has 0 amide bonds. The van der Waals surface area contributed by atoms with Crippen molar-refractivity contribution >= 4 is 33.7 Å². The fraction of sp³-hybridized carbons (Fsp3) is 0.170. The molecule has 8 aromatic rings. The fourth-order valence-electron chi connectivity index (χ4n) is 9.77. The lowest BCUT2D eigenvalue weighted by molar-refractivity contribution is -0.135. The van der Waals surface area contributed by atoms with Crippen molar-refractivity contribution in [2.24, 2.45) is 0 Å². The summed E-state index contributed by atoms with van der Waals surface area (Å²) in [6, 6.07) is 52.8. The molecule has 0 bridgehead atoms. The van der Waals surface area contributed by atoms with Crippen LogP contribution in [-0.4, -0.2) is 21.9 Å². The topological polar surface area (TPSA) is 78.4 Å². The maximum absolute atomic E-state index is 14.0. The normalized spacial score (nSPS) is 17.3. The maximum Gasteiger partial charge on any atom is 0.311 e. The van der Waals surface area contributed by atoms with Gasteiger partial charge in [-0.05, 0) is 104 Å². The number of nitrogens with zero attached hydrogens (tertiary/aromatic N) is 2. The molecule has 2 heterocycles. The predicted octanol–water partition coefficient (Wildman–Crippen LogP) is 11.8. The van der Waals surface area contributed by atoms with Crippen LogP contribution in [0, 0.1) is 13.8 Å². The second-order valence-electron chi connectivity index (χ2n) is 16.2. The standard InChI is InChI=1S/C53H42N2O4/c1-34-21-23-40-42(29-34)52(27-25-48(56)58-38-15-5-3-6-16-38,44-31-36-13-9-11-19-46(36)54-50(40)44)33-53(28-26-49(57)59-39-17-7-4-8-18-39)43-30-35(2)22-24-41(43)51-45(53)32-37-14-10-12-20-47(37)55-51/h3-24,29-32H,25-28,33H2,1-2H3. The smallest absolute Gasteiger partial charge is 0.311 e. The van der Waals surface area contributed by atoms with Crippen LogP contribution in [0.4, 0.5) is 0 Å². The fourth-order valence-corrected chi connectivity index (χ4v) is 9.77. The summed E-state index contributed by atoms with van der Waals surface area (Å²) in [7, 11) is 0. The van der Waals surface area contributed by atoms with Gasteiger partial charge >= 0.3 is 11.9 Å². The summed E-state index contributed by atoms with van der Waals surface area (Å²) in [6.45, 7) is 4.24. The van der Waals surface area contributed by atoms with E-state index in [1.165, 1.54) is 0 Å². The third kappa shape index (κ3) is 6.36. The first kappa shape index (κ1) is 36.4. The molecular formula is C53H42N2O4. The monoisotopic (exact) mass is 770 g/mol. The molecule has 59 heavy (non-hydrogen) atoms. The van der Waals surface area contributed by atoms with Crippen LogP contribution in [0.5, 0.6) is 11.5 Å². The Morgan fingerprint density at radius 3 is 1.32 bits per heavy atom. The van der Waals surface area contributed by atoms with Crippen LogP contribution in [0.2, 0.25) is 0 Å². The minimum absolute atomic E-state index is 0.157. The number of hydrogen-bond donors (Lipinski definition) is 0. The number of aryl methyl sites for hydroxylation is 2. The Morgan fingerprint density at radius 1 is 0.475 bits per heavy atom. The van der Waals surface area contributed by atoms with Crippen molar-refractivity contribution in [2.75, 3.05) is 0 Å². The Labute approximate surface area is 343 Å². The molecule has 288 valence electrons. The highest BCUT2D eigenvalue weighted by Crippen LogP contribution is 2.62. The molecule has 2 aromatic heterocycles. The van der Waals surface area contributed by atoms with Gasteiger partial charge in [0.15, 0.2) is 0 Å². The Kier molecular flexibility index (Phi) is 8.94. The zero-order valence-electron chi connectivity index (χ0n) is 33.1. The number of fused-ring (bicyclic) bond motifs is 8. The van der Waals surface area contributed by atoms with Crippen LogP contribution in [0.3, 0.4) is 0 Å². The van der Waals surface area contributed by atoms with Crippen LogP contribution >= 0.6 is 0 Å². The molecule has 0 saturated heterocycles. The Hall–Kier alpha value is -6.92. The summed E-state index contributed by atoms with van der Waals surface area (Å²) in [5.74, 6) is 0.428. The highest BCUT2D eigenvalue weighted by atomic mass is 16.5. The zero-order valence-corrected chi connectivity index (χ0v) is 33.1. The summed E-state index contributed by atoms with van der Waals surface area (Å²) in [5, 5.41) is 2.06. The average molecular weight is 771 g/mol. The molecule has 6 nitrogen and oxygen atoms in total. The van der Waals surface area contributed by atoms with Gasteiger partial charge in [0.2, 0.25) is 0 Å². The van der Waals surface area contributed by atoms with E-state index in [-0.39, 0.29) is 24.8 Å². The van der Waals surface area contributed by atoms with Crippen molar-refractivity contribution in [3.8, 4) is 34.0 Å². The molecule has 2 aliphatic carbocycles. The number of carbonyl (C=O) groups excluding carboxylic acids is 2. The van der Waals surface area contributed by atoms with E-state index in [0.717, 1.165) is 77.7 Å². The summed E-state index contributed by atoms with van der Waals surface area (Å²) in [4.78, 5) is 38.8. The van der Waals surface area contributed by atoms with E-state index in [2.05, 4.69) is 86.6 Å². The second-order valence-corrected chi connectivity index (χ2v) is 16.2. The molecule has 6 aromatic carbocycles. The summed E-state index contributed by atoms with van der Waals surface area (Å²) < 4.78 is 11.9. The zero-order chi connectivity index (χ0) is 40.1. The average Bonchev–Trinajstić information content (AvgIpc) is 3.65. The quantitative estimate of drug-likeness (QED) is 0.102. The molecule has 6 heteroatoms. The van der Waals surface area contributed by atoms with Gasteiger partial charge in [-0.3, -0.25) is 9.59 Å². The molecule has 0 N–H and O–H groups in total. The number of benzene rings is 6. The van der Waals surface area contributed by atoms with Gasteiger partial charge in [-0.1, -0.05) is 120 Å². The summed E-state index contributed by atoms with van der Waals surface area (Å²) in [6.07, 6.45) is 1.77. The van der Waals surface area contributed by atoms with Crippen molar-refractivity contribution in [1.82, 2.24) is 9.97 Å². The number of hydrogen-bond acceptors (Lipinski definition) is 6. The first-order chi connectivity index (χ1) is 28.8. The van der Waals surface area contributed by atoms with Gasteiger partial charge in [0.25, 0.3) is 0 Å². The third-order valence-corrected chi connectivity index (χ3v) is 12.4. The SMILES string of the molecule is Cc1ccc2c(c1)C(CCC(=O)Oc1ccccc1)(CC1(CCC(=O)Oc3ccccc3)c3cc(C)ccc3-c3nc4ccccc4cc31)c1cc3ccccc3nc1-2. The lowest BCUT2D eigenvalue weighted by Crippen LogP contribution is -2.39. The first-order valence-electron chi connectivity index (χ1n) is 20.3. The maximum atomic E-state index is 14.0. The Morgan fingerprint density at radius 2 is 0.881 bits per heavy atom. The number of para-hydroxylation sites is 4. The van der Waals surface area contributed by atoms with Gasteiger partial charge in [-0.15, -0.1) is 0 Å². The minimum atomic E-state index is -0.735. The largest absolute Gasteiger partial charge is 0.427 e. The highest BCUT2D eigenvalue weighted by molar-refractivity contribution is 5.91. The first-order valence-corrected chi connectivity index (χ1v) is 20.3. The van der Waals surface area contributed by atoms with Crippen molar-refractivity contribution in [3.05, 3.63) is 191 Å². The van der Waals surface area contributed by atoms with Crippen molar-refractivity contribution < 1.29 is 19.1 Å². The van der Waals surface area contributed by atoms with E-state index in [0.29, 0.717) is 30.8 Å². The Balaban J connectivity index is 1.21. The lowest BCUT2D eigenvalue weighted by atomic mass is 9.59. The van der Waals surface area contributed by atoms with Crippen molar-refractivity contribution in [1.29, 1.82) is 0 Å². The van der Waals surface area contributed by atoms with Gasteiger partial charge in [0.05, 0.1) is 22.4 Å². The van der Waals surface area contributed by atoms with Crippen LogP contribution in [0.15, 0.2) is 158 Å². The highest BCUT2D eigenvalue weighted by Gasteiger charge is 2.54. The van der Waals surface area contributed by atoms with Gasteiger partial charge in [0, 0.05) is 45.6 Å². The summed E-state index contributed by atoms with van der Waals surface area (Å²) >= 11 is 0. The van der Waals surface area contributed by atoms with E-state index in [9.17, 15) is 9.59 Å². The third-order valence-electron chi connectivity index (χ3n) is 12.4. The molecule has 10 rings (SSSR count). The van der Waals surface area contributed by atoms with Gasteiger partial charge < -0.3 is 9.47 Å². The van der Waals surface area contributed by atoms with E-state index in [1.807, 2.05) is 84.9 Å². The van der Waals surface area contributed by atoms with Crippen LogP contribution in [0.25, 0.3) is 44.3 Å². The van der Waals surface area contributed by atoms with Crippen molar-refractivity contribution in [2.45, 2.75) is 56.8 Å². The molecule has 2 unspecified atom stereocenters. The van der Waals surface area contributed by atoms with Crippen molar-refractivity contribution in [3.63, 3.8) is 0 Å². The molecule has 0 spiro atoms. The number of ether oxygens (including phenoxy) is 2. The summed E-state index contributed by atoms with van der Waals surface area (Å²) in [5.41, 5.74) is 11.0. The number of rotatable bonds is 10. The number of pyridine rings is 2. The molecule has 2 aliphatic rings. The molecule has 0 radical (unpaired) electrons. The molecule has 0 saturated carbocycles. The predicted molar refractivity (Wildman–Crippen MR) is 233 cm³/mol. The molecule has 2 atom stereocenters. The number of carbonyl (C=O) groups is 2. The van der Waals surface area contributed by atoms with Gasteiger partial charge in [-0.25, -0.2) is 9.97 Å². The van der Waals surface area contributed by atoms with E-state index < -0.39 is 10.8 Å². The van der Waals surface area contributed by atoms with E-state index >= 15 is 0 Å². The van der Waals surface area contributed by atoms with Gasteiger partial charge in [-0.2, -0.15) is 0 Å². The molecule has 0 aliphatic heterocycles. The van der Waals surface area contributed by atoms with Crippen LogP contribution in [0.1, 0.15) is 65.5 Å². The Bertz CT molecular complexity index is 2740.